The average molecular weight is 638 g/mol. The third kappa shape index (κ3) is 6.10. The quantitative estimate of drug-likeness (QED) is 0.236. The van der Waals surface area contributed by atoms with Gasteiger partial charge in [-0.1, -0.05) is 49.7 Å². The zero-order valence-electron chi connectivity index (χ0n) is 27.6. The predicted molar refractivity (Wildman–Crippen MR) is 180 cm³/mol. The van der Waals surface area contributed by atoms with E-state index in [-0.39, 0.29) is 35.6 Å². The van der Waals surface area contributed by atoms with Gasteiger partial charge in [0, 0.05) is 38.6 Å². The van der Waals surface area contributed by atoms with Crippen molar-refractivity contribution < 1.29 is 19.1 Å². The highest BCUT2D eigenvalue weighted by molar-refractivity contribution is 5.95. The van der Waals surface area contributed by atoms with Gasteiger partial charge in [-0.05, 0) is 103 Å². The molecule has 1 aromatic heterocycles. The lowest BCUT2D eigenvalue weighted by Crippen LogP contribution is -2.62. The predicted octanol–water partition coefficient (Wildman–Crippen LogP) is 4.61. The zero-order valence-corrected chi connectivity index (χ0v) is 27.6. The van der Waals surface area contributed by atoms with E-state index >= 15 is 0 Å². The molecule has 9 nitrogen and oxygen atoms in total. The van der Waals surface area contributed by atoms with Crippen LogP contribution >= 0.6 is 0 Å². The van der Waals surface area contributed by atoms with Crippen LogP contribution in [0.2, 0.25) is 0 Å². The lowest BCUT2D eigenvalue weighted by Gasteiger charge is -2.41. The third-order valence-corrected chi connectivity index (χ3v) is 11.6. The molecule has 1 aliphatic heterocycles. The van der Waals surface area contributed by atoms with E-state index in [1.807, 2.05) is 24.3 Å². The van der Waals surface area contributed by atoms with Gasteiger partial charge in [-0.2, -0.15) is 5.10 Å². The van der Waals surface area contributed by atoms with E-state index in [4.69, 9.17) is 4.74 Å². The van der Waals surface area contributed by atoms with Crippen LogP contribution in [0.1, 0.15) is 72.6 Å². The number of hydrogen-bond acceptors (Lipinski definition) is 6. The Morgan fingerprint density at radius 1 is 1.06 bits per heavy atom. The van der Waals surface area contributed by atoms with Crippen LogP contribution in [0.15, 0.2) is 60.8 Å². The number of anilines is 1. The van der Waals surface area contributed by atoms with Gasteiger partial charge in [0.05, 0.1) is 12.0 Å². The van der Waals surface area contributed by atoms with Crippen molar-refractivity contribution >= 4 is 23.8 Å². The molecular weight excluding hydrogens is 590 g/mol. The van der Waals surface area contributed by atoms with E-state index in [0.29, 0.717) is 37.8 Å². The molecule has 3 atom stereocenters. The Morgan fingerprint density at radius 2 is 1.83 bits per heavy atom. The number of nitrogens with one attached hydrogen (secondary N) is 3. The molecule has 9 heteroatoms. The number of carbonyl (C=O) groups excluding carboxylic acids is 3. The Labute approximate surface area is 277 Å². The largest absolute Gasteiger partial charge is 0.382 e. The van der Waals surface area contributed by atoms with Crippen LogP contribution in [0, 0.1) is 23.2 Å². The first kappa shape index (κ1) is 31.6. The first-order chi connectivity index (χ1) is 22.7. The summed E-state index contributed by atoms with van der Waals surface area (Å²) < 4.78 is 7.38. The van der Waals surface area contributed by atoms with Crippen molar-refractivity contribution in [1.29, 1.82) is 0 Å². The molecule has 2 amide bonds. The summed E-state index contributed by atoms with van der Waals surface area (Å²) in [7, 11) is 1.73. The van der Waals surface area contributed by atoms with Crippen LogP contribution < -0.4 is 16.0 Å². The van der Waals surface area contributed by atoms with E-state index in [2.05, 4.69) is 52.2 Å². The van der Waals surface area contributed by atoms with Gasteiger partial charge in [0.1, 0.15) is 17.5 Å². The molecule has 47 heavy (non-hydrogen) atoms. The van der Waals surface area contributed by atoms with Crippen LogP contribution in [0.3, 0.4) is 0 Å². The first-order valence-corrected chi connectivity index (χ1v) is 17.3. The molecular formula is C38H47N5O4. The summed E-state index contributed by atoms with van der Waals surface area (Å²) >= 11 is 0. The summed E-state index contributed by atoms with van der Waals surface area (Å²) in [4.78, 5) is 41.1. The average Bonchev–Trinajstić information content (AvgIpc) is 3.41. The fraction of sp³-hybridized carbons (Fsp3) is 0.526. The SMILES string of the molecule is Cn1nccc1C(=O)NC(C=O)(CNc1cccc(C2(C(=O)NCC3(C)CCC3)CCOC2)c1)C(C1CC1)C1Cc2ccccc2C1. The highest BCUT2D eigenvalue weighted by atomic mass is 16.5. The maximum absolute atomic E-state index is 13.8. The molecule has 4 aliphatic rings. The van der Waals surface area contributed by atoms with Crippen molar-refractivity contribution in [2.45, 2.75) is 69.2 Å². The topological polar surface area (TPSA) is 114 Å². The summed E-state index contributed by atoms with van der Waals surface area (Å²) in [6, 6.07) is 18.2. The normalized spacial score (nSPS) is 23.6. The van der Waals surface area contributed by atoms with Crippen molar-refractivity contribution in [3.63, 3.8) is 0 Å². The number of ether oxygens (including phenoxy) is 1. The first-order valence-electron chi connectivity index (χ1n) is 17.3. The summed E-state index contributed by atoms with van der Waals surface area (Å²) in [5, 5.41) is 14.3. The van der Waals surface area contributed by atoms with E-state index in [9.17, 15) is 14.4 Å². The Morgan fingerprint density at radius 3 is 2.43 bits per heavy atom. The van der Waals surface area contributed by atoms with E-state index in [1.165, 1.54) is 17.5 Å². The van der Waals surface area contributed by atoms with Crippen LogP contribution in [-0.2, 0) is 39.6 Å². The second-order valence-corrected chi connectivity index (χ2v) is 14.9. The Balaban J connectivity index is 1.17. The van der Waals surface area contributed by atoms with E-state index in [1.54, 1.807) is 24.0 Å². The molecule has 2 heterocycles. The minimum absolute atomic E-state index is 0.0144. The highest BCUT2D eigenvalue weighted by Gasteiger charge is 2.52. The molecule has 0 spiro atoms. The number of amides is 2. The van der Waals surface area contributed by atoms with Crippen molar-refractivity contribution in [3.8, 4) is 0 Å². The molecule has 2 aromatic carbocycles. The number of fused-ring (bicyclic) bond motifs is 1. The molecule has 3 aliphatic carbocycles. The van der Waals surface area contributed by atoms with Crippen molar-refractivity contribution in [2.75, 3.05) is 31.6 Å². The second-order valence-electron chi connectivity index (χ2n) is 14.9. The molecule has 0 radical (unpaired) electrons. The second kappa shape index (κ2) is 12.6. The monoisotopic (exact) mass is 637 g/mol. The van der Waals surface area contributed by atoms with Gasteiger partial charge >= 0.3 is 0 Å². The van der Waals surface area contributed by atoms with E-state index < -0.39 is 11.0 Å². The van der Waals surface area contributed by atoms with Gasteiger partial charge in [-0.25, -0.2) is 0 Å². The van der Waals surface area contributed by atoms with Crippen LogP contribution in [-0.4, -0.2) is 59.7 Å². The van der Waals surface area contributed by atoms with Crippen LogP contribution in [0.5, 0.6) is 0 Å². The molecule has 3 unspecified atom stereocenters. The maximum Gasteiger partial charge on any atom is 0.270 e. The number of nitrogens with zero attached hydrogens (tertiary/aromatic N) is 2. The number of benzene rings is 2. The Kier molecular flexibility index (Phi) is 8.45. The van der Waals surface area contributed by atoms with Gasteiger partial charge < -0.3 is 25.5 Å². The minimum atomic E-state index is -1.16. The number of aryl methyl sites for hydroxylation is 1. The molecule has 0 bridgehead atoms. The smallest absolute Gasteiger partial charge is 0.270 e. The summed E-state index contributed by atoms with van der Waals surface area (Å²) in [6.07, 6.45) is 10.5. The van der Waals surface area contributed by atoms with Gasteiger partial charge in [0.2, 0.25) is 5.91 Å². The molecule has 1 saturated heterocycles. The fourth-order valence-corrected chi connectivity index (χ4v) is 8.49. The highest BCUT2D eigenvalue weighted by Crippen LogP contribution is 2.49. The molecule has 2 saturated carbocycles. The molecule has 7 rings (SSSR count). The molecule has 3 aromatic rings. The van der Waals surface area contributed by atoms with Gasteiger partial charge in [-0.15, -0.1) is 0 Å². The fourth-order valence-electron chi connectivity index (χ4n) is 8.49. The summed E-state index contributed by atoms with van der Waals surface area (Å²) in [5.41, 5.74) is 3.03. The van der Waals surface area contributed by atoms with Crippen LogP contribution in [0.4, 0.5) is 5.69 Å². The summed E-state index contributed by atoms with van der Waals surface area (Å²) in [5.74, 6) is 0.228. The standard InChI is InChI=1S/C38H47N5O4/c1-36(14-6-15-36)22-40-35(46)37(16-18-47-25-37)30-9-5-10-31(21-30)39-23-38(24-44,42-34(45)32-13-17-41-43(32)2)33(26-11-12-26)29-19-27-7-3-4-8-28(27)20-29/h3-5,7-10,13,17,21,24,26,29,33,39H,6,11-12,14-16,18-20,22-23,25H2,1-2H3,(H,40,46)(H,42,45). The van der Waals surface area contributed by atoms with Gasteiger partial charge in [-0.3, -0.25) is 14.3 Å². The molecule has 3 N–H and O–H groups in total. The lowest BCUT2D eigenvalue weighted by molar-refractivity contribution is -0.127. The Hall–Kier alpha value is -3.98. The Bertz CT molecular complexity index is 1610. The molecule has 3 fully saturated rings. The van der Waals surface area contributed by atoms with Crippen molar-refractivity contribution in [2.24, 2.45) is 30.2 Å². The minimum Gasteiger partial charge on any atom is -0.382 e. The maximum atomic E-state index is 13.8. The lowest BCUT2D eigenvalue weighted by atomic mass is 9.70. The van der Waals surface area contributed by atoms with Gasteiger partial charge in [0.15, 0.2) is 0 Å². The number of aromatic nitrogens is 2. The van der Waals surface area contributed by atoms with Crippen molar-refractivity contribution in [1.82, 2.24) is 20.4 Å². The van der Waals surface area contributed by atoms with Crippen molar-refractivity contribution in [3.05, 3.63) is 83.2 Å². The summed E-state index contributed by atoms with van der Waals surface area (Å²) in [6.45, 7) is 4.02. The third-order valence-electron chi connectivity index (χ3n) is 11.6. The van der Waals surface area contributed by atoms with Gasteiger partial charge in [0.25, 0.3) is 5.91 Å². The zero-order chi connectivity index (χ0) is 32.6. The van der Waals surface area contributed by atoms with Crippen LogP contribution in [0.25, 0.3) is 0 Å². The number of carbonyl (C=O) groups is 3. The van der Waals surface area contributed by atoms with E-state index in [0.717, 1.165) is 56.1 Å². The number of aldehydes is 1. The number of rotatable bonds is 13. The molecule has 248 valence electrons. The number of hydrogen-bond donors (Lipinski definition) is 3.